The standard InChI is InChI=1S/C11H13BrO2/c1-7(13)11(5-6-11)8-3-2-4-9(14)10(8)12/h2-4,7,13-14H,5-6H2,1H3. The molecule has 1 saturated carbocycles. The minimum atomic E-state index is -0.361. The van der Waals surface area contributed by atoms with Crippen molar-refractivity contribution < 1.29 is 10.2 Å². The maximum atomic E-state index is 9.71. The van der Waals surface area contributed by atoms with Gasteiger partial charge in [0.1, 0.15) is 5.75 Å². The van der Waals surface area contributed by atoms with Gasteiger partial charge in [0.2, 0.25) is 0 Å². The zero-order valence-electron chi connectivity index (χ0n) is 8.00. The summed E-state index contributed by atoms with van der Waals surface area (Å²) in [5.74, 6) is 0.245. The Hall–Kier alpha value is -0.540. The predicted octanol–water partition coefficient (Wildman–Crippen LogP) is 2.57. The first-order chi connectivity index (χ1) is 6.58. The second kappa shape index (κ2) is 3.24. The van der Waals surface area contributed by atoms with Crippen LogP contribution in [0.3, 0.4) is 0 Å². The number of phenols is 1. The van der Waals surface area contributed by atoms with E-state index in [1.807, 2.05) is 19.1 Å². The molecule has 2 rings (SSSR count). The zero-order valence-corrected chi connectivity index (χ0v) is 9.58. The van der Waals surface area contributed by atoms with Crippen LogP contribution in [0.1, 0.15) is 25.3 Å². The number of aliphatic hydroxyl groups is 1. The van der Waals surface area contributed by atoms with Crippen molar-refractivity contribution >= 4 is 15.9 Å². The number of benzene rings is 1. The van der Waals surface area contributed by atoms with Gasteiger partial charge >= 0.3 is 0 Å². The summed E-state index contributed by atoms with van der Waals surface area (Å²) in [6.07, 6.45) is 1.62. The Morgan fingerprint density at radius 3 is 2.57 bits per heavy atom. The molecule has 0 aliphatic heterocycles. The van der Waals surface area contributed by atoms with Crippen molar-refractivity contribution in [3.05, 3.63) is 28.2 Å². The van der Waals surface area contributed by atoms with Crippen molar-refractivity contribution in [3.63, 3.8) is 0 Å². The van der Waals surface area contributed by atoms with Crippen molar-refractivity contribution in [3.8, 4) is 5.75 Å². The average Bonchev–Trinajstić information content (AvgIpc) is 2.90. The fraction of sp³-hybridized carbons (Fsp3) is 0.455. The Balaban J connectivity index is 2.47. The molecule has 0 saturated heterocycles. The van der Waals surface area contributed by atoms with Gasteiger partial charge < -0.3 is 10.2 Å². The molecule has 1 fully saturated rings. The quantitative estimate of drug-likeness (QED) is 0.854. The fourth-order valence-electron chi connectivity index (χ4n) is 1.95. The molecule has 1 aromatic rings. The van der Waals surface area contributed by atoms with Crippen molar-refractivity contribution in [2.75, 3.05) is 0 Å². The van der Waals surface area contributed by atoms with Crippen LogP contribution in [0.2, 0.25) is 0 Å². The van der Waals surface area contributed by atoms with E-state index in [1.54, 1.807) is 6.07 Å². The SMILES string of the molecule is CC(O)C1(c2cccc(O)c2Br)CC1. The molecule has 0 aromatic heterocycles. The molecule has 76 valence electrons. The van der Waals surface area contributed by atoms with Crippen molar-refractivity contribution in [1.82, 2.24) is 0 Å². The van der Waals surface area contributed by atoms with E-state index in [4.69, 9.17) is 0 Å². The third-order valence-corrected chi connectivity index (χ3v) is 3.94. The highest BCUT2D eigenvalue weighted by atomic mass is 79.9. The average molecular weight is 257 g/mol. The third-order valence-electron chi connectivity index (χ3n) is 3.10. The molecule has 0 bridgehead atoms. The zero-order chi connectivity index (χ0) is 10.3. The van der Waals surface area contributed by atoms with Gasteiger partial charge in [-0.05, 0) is 47.3 Å². The van der Waals surface area contributed by atoms with Crippen molar-refractivity contribution in [1.29, 1.82) is 0 Å². The molecule has 1 atom stereocenters. The maximum Gasteiger partial charge on any atom is 0.130 e. The van der Waals surface area contributed by atoms with Crippen LogP contribution >= 0.6 is 15.9 Å². The van der Waals surface area contributed by atoms with E-state index >= 15 is 0 Å². The van der Waals surface area contributed by atoms with Crippen LogP contribution in [-0.4, -0.2) is 16.3 Å². The lowest BCUT2D eigenvalue weighted by molar-refractivity contribution is 0.150. The van der Waals surface area contributed by atoms with E-state index in [2.05, 4.69) is 15.9 Å². The van der Waals surface area contributed by atoms with E-state index in [-0.39, 0.29) is 17.3 Å². The number of hydrogen-bond acceptors (Lipinski definition) is 2. The molecule has 0 spiro atoms. The lowest BCUT2D eigenvalue weighted by Crippen LogP contribution is -2.22. The Bertz CT molecular complexity index is 356. The summed E-state index contributed by atoms with van der Waals surface area (Å²) >= 11 is 3.36. The van der Waals surface area contributed by atoms with Crippen molar-refractivity contribution in [2.24, 2.45) is 0 Å². The summed E-state index contributed by atoms with van der Waals surface area (Å²) in [5.41, 5.74) is 0.893. The number of phenolic OH excluding ortho intramolecular Hbond substituents is 1. The Labute approximate surface area is 91.7 Å². The first-order valence-corrected chi connectivity index (χ1v) is 5.53. The summed E-state index contributed by atoms with van der Waals surface area (Å²) < 4.78 is 0.721. The van der Waals surface area contributed by atoms with Gasteiger partial charge in [0, 0.05) is 5.41 Å². The molecular weight excluding hydrogens is 244 g/mol. The first kappa shape index (κ1) is 9.99. The van der Waals surface area contributed by atoms with Crippen LogP contribution in [0.4, 0.5) is 0 Å². The van der Waals surface area contributed by atoms with Gasteiger partial charge in [0.05, 0.1) is 10.6 Å². The van der Waals surface area contributed by atoms with Crippen LogP contribution < -0.4 is 0 Å². The molecule has 2 N–H and O–H groups in total. The van der Waals surface area contributed by atoms with Crippen molar-refractivity contribution in [2.45, 2.75) is 31.3 Å². The van der Waals surface area contributed by atoms with Crippen LogP contribution in [0.15, 0.2) is 22.7 Å². The maximum absolute atomic E-state index is 9.71. The Morgan fingerprint density at radius 1 is 1.43 bits per heavy atom. The first-order valence-electron chi connectivity index (χ1n) is 4.74. The lowest BCUT2D eigenvalue weighted by Gasteiger charge is -2.20. The number of aromatic hydroxyl groups is 1. The highest BCUT2D eigenvalue weighted by Crippen LogP contribution is 2.54. The Kier molecular flexibility index (Phi) is 2.32. The molecule has 2 nitrogen and oxygen atoms in total. The molecular formula is C11H13BrO2. The topological polar surface area (TPSA) is 40.5 Å². The van der Waals surface area contributed by atoms with E-state index in [0.717, 1.165) is 22.9 Å². The molecule has 0 radical (unpaired) electrons. The smallest absolute Gasteiger partial charge is 0.130 e. The Morgan fingerprint density at radius 2 is 2.07 bits per heavy atom. The molecule has 3 heteroatoms. The summed E-state index contributed by atoms with van der Waals surface area (Å²) in [6.45, 7) is 1.81. The van der Waals surface area contributed by atoms with Gasteiger partial charge in [0.25, 0.3) is 0 Å². The van der Waals surface area contributed by atoms with E-state index in [1.165, 1.54) is 0 Å². The number of rotatable bonds is 2. The summed E-state index contributed by atoms with van der Waals surface area (Å²) in [4.78, 5) is 0. The monoisotopic (exact) mass is 256 g/mol. The fourth-order valence-corrected chi connectivity index (χ4v) is 2.61. The molecule has 14 heavy (non-hydrogen) atoms. The van der Waals surface area contributed by atoms with Crippen LogP contribution in [-0.2, 0) is 5.41 Å². The van der Waals surface area contributed by atoms with E-state index in [0.29, 0.717) is 0 Å². The summed E-state index contributed by atoms with van der Waals surface area (Å²) in [7, 11) is 0. The van der Waals surface area contributed by atoms with E-state index < -0.39 is 0 Å². The lowest BCUT2D eigenvalue weighted by atomic mass is 9.91. The molecule has 0 amide bonds. The highest BCUT2D eigenvalue weighted by Gasteiger charge is 2.49. The van der Waals surface area contributed by atoms with Crippen LogP contribution in [0.5, 0.6) is 5.75 Å². The predicted molar refractivity (Wildman–Crippen MR) is 58.4 cm³/mol. The second-order valence-electron chi connectivity index (χ2n) is 3.97. The molecule has 1 aromatic carbocycles. The molecule has 1 unspecified atom stereocenters. The van der Waals surface area contributed by atoms with Gasteiger partial charge in [0.15, 0.2) is 0 Å². The molecule has 0 heterocycles. The van der Waals surface area contributed by atoms with Gasteiger partial charge in [-0.1, -0.05) is 12.1 Å². The van der Waals surface area contributed by atoms with Crippen LogP contribution in [0, 0.1) is 0 Å². The van der Waals surface area contributed by atoms with Gasteiger partial charge in [-0.25, -0.2) is 0 Å². The number of aliphatic hydroxyl groups excluding tert-OH is 1. The molecule has 1 aliphatic carbocycles. The highest BCUT2D eigenvalue weighted by molar-refractivity contribution is 9.10. The van der Waals surface area contributed by atoms with Gasteiger partial charge in [-0.3, -0.25) is 0 Å². The molecule has 1 aliphatic rings. The minimum absolute atomic E-state index is 0.127. The summed E-state index contributed by atoms with van der Waals surface area (Å²) in [5, 5.41) is 19.3. The number of halogens is 1. The van der Waals surface area contributed by atoms with Gasteiger partial charge in [-0.2, -0.15) is 0 Å². The van der Waals surface area contributed by atoms with Gasteiger partial charge in [-0.15, -0.1) is 0 Å². The largest absolute Gasteiger partial charge is 0.507 e. The second-order valence-corrected chi connectivity index (χ2v) is 4.76. The third kappa shape index (κ3) is 1.35. The van der Waals surface area contributed by atoms with E-state index in [9.17, 15) is 10.2 Å². The van der Waals surface area contributed by atoms with Crippen LogP contribution in [0.25, 0.3) is 0 Å². The summed E-state index contributed by atoms with van der Waals surface area (Å²) in [6, 6.07) is 5.42. The number of hydrogen-bond donors (Lipinski definition) is 2. The normalized spacial score (nSPS) is 20.5. The minimum Gasteiger partial charge on any atom is -0.507 e.